The summed E-state index contributed by atoms with van der Waals surface area (Å²) in [6, 6.07) is 7.41. The summed E-state index contributed by atoms with van der Waals surface area (Å²) in [7, 11) is 0. The molecule has 96 valence electrons. The Labute approximate surface area is 108 Å². The van der Waals surface area contributed by atoms with Crippen LogP contribution in [0, 0.1) is 0 Å². The van der Waals surface area contributed by atoms with Crippen molar-refractivity contribution in [3.05, 3.63) is 35.9 Å². The highest BCUT2D eigenvalue weighted by Crippen LogP contribution is 2.20. The maximum atomic E-state index is 11.6. The quantitative estimate of drug-likeness (QED) is 0.505. The van der Waals surface area contributed by atoms with Crippen LogP contribution in [0.25, 0.3) is 6.08 Å². The number of esters is 1. The molecule has 0 atom stereocenters. The van der Waals surface area contributed by atoms with Crippen LogP contribution in [-0.4, -0.2) is 12.1 Å². The first-order chi connectivity index (χ1) is 8.74. The van der Waals surface area contributed by atoms with E-state index in [9.17, 15) is 4.79 Å². The molecule has 0 unspecified atom stereocenters. The van der Waals surface area contributed by atoms with Crippen molar-refractivity contribution in [2.45, 2.75) is 38.2 Å². The van der Waals surface area contributed by atoms with Crippen molar-refractivity contribution in [1.29, 1.82) is 0 Å². The maximum absolute atomic E-state index is 11.6. The molecule has 0 saturated heterocycles. The molecule has 18 heavy (non-hydrogen) atoms. The highest BCUT2D eigenvalue weighted by molar-refractivity contribution is 5.87. The molecule has 0 aromatic heterocycles. The number of ether oxygens (including phenoxy) is 1. The van der Waals surface area contributed by atoms with Gasteiger partial charge in [0.05, 0.1) is 0 Å². The normalized spacial score (nSPS) is 16.9. The van der Waals surface area contributed by atoms with E-state index >= 15 is 0 Å². The summed E-state index contributed by atoms with van der Waals surface area (Å²) in [6.45, 7) is 0. The zero-order chi connectivity index (χ0) is 12.8. The van der Waals surface area contributed by atoms with Crippen molar-refractivity contribution in [3.63, 3.8) is 0 Å². The third-order valence-electron chi connectivity index (χ3n) is 3.16. The van der Waals surface area contributed by atoms with Crippen LogP contribution in [0.3, 0.4) is 0 Å². The van der Waals surface area contributed by atoms with Crippen LogP contribution in [0.15, 0.2) is 30.3 Å². The standard InChI is InChI=1S/C15H19NO2/c16-13-6-4-5-12(11-13)9-10-15(17)18-14-7-2-1-3-8-14/h4-6,9-11,14H,1-3,7-8,16H2/b10-9+. The van der Waals surface area contributed by atoms with Gasteiger partial charge in [0.25, 0.3) is 0 Å². The predicted octanol–water partition coefficient (Wildman–Crippen LogP) is 3.16. The highest BCUT2D eigenvalue weighted by Gasteiger charge is 2.16. The van der Waals surface area contributed by atoms with E-state index in [1.54, 1.807) is 6.08 Å². The van der Waals surface area contributed by atoms with Crippen molar-refractivity contribution >= 4 is 17.7 Å². The van der Waals surface area contributed by atoms with Crippen LogP contribution < -0.4 is 5.73 Å². The number of nitrogen functional groups attached to an aromatic ring is 1. The molecular weight excluding hydrogens is 226 g/mol. The average Bonchev–Trinajstić information content (AvgIpc) is 2.38. The minimum atomic E-state index is -0.260. The third kappa shape index (κ3) is 3.91. The molecule has 0 aliphatic heterocycles. The molecule has 0 spiro atoms. The summed E-state index contributed by atoms with van der Waals surface area (Å²) >= 11 is 0. The number of benzene rings is 1. The molecule has 3 heteroatoms. The van der Waals surface area contributed by atoms with E-state index < -0.39 is 0 Å². The zero-order valence-electron chi connectivity index (χ0n) is 10.5. The smallest absolute Gasteiger partial charge is 0.331 e. The van der Waals surface area contributed by atoms with Gasteiger partial charge in [-0.2, -0.15) is 0 Å². The van der Waals surface area contributed by atoms with E-state index in [1.165, 1.54) is 12.5 Å². The van der Waals surface area contributed by atoms with E-state index in [0.29, 0.717) is 5.69 Å². The van der Waals surface area contributed by atoms with E-state index in [2.05, 4.69) is 0 Å². The monoisotopic (exact) mass is 245 g/mol. The van der Waals surface area contributed by atoms with Gasteiger partial charge in [0.15, 0.2) is 0 Å². The summed E-state index contributed by atoms with van der Waals surface area (Å²) in [5.74, 6) is -0.260. The molecule has 1 aliphatic rings. The molecule has 1 aliphatic carbocycles. The molecule has 2 N–H and O–H groups in total. The largest absolute Gasteiger partial charge is 0.459 e. The van der Waals surface area contributed by atoms with Gasteiger partial charge in [0.2, 0.25) is 0 Å². The molecule has 0 radical (unpaired) electrons. The fourth-order valence-corrected chi connectivity index (χ4v) is 2.21. The molecule has 1 aromatic rings. The predicted molar refractivity (Wildman–Crippen MR) is 72.9 cm³/mol. The zero-order valence-corrected chi connectivity index (χ0v) is 10.5. The Balaban J connectivity index is 1.86. The van der Waals surface area contributed by atoms with Crippen molar-refractivity contribution in [3.8, 4) is 0 Å². The van der Waals surface area contributed by atoms with E-state index in [0.717, 1.165) is 31.2 Å². The molecule has 0 bridgehead atoms. The van der Waals surface area contributed by atoms with E-state index in [-0.39, 0.29) is 12.1 Å². The Morgan fingerprint density at radius 2 is 2.06 bits per heavy atom. The minimum absolute atomic E-state index is 0.108. The van der Waals surface area contributed by atoms with Crippen molar-refractivity contribution in [2.24, 2.45) is 0 Å². The fraction of sp³-hybridized carbons (Fsp3) is 0.400. The minimum Gasteiger partial charge on any atom is -0.459 e. The van der Waals surface area contributed by atoms with Crippen LogP contribution >= 0.6 is 0 Å². The first-order valence-corrected chi connectivity index (χ1v) is 6.48. The van der Waals surface area contributed by atoms with E-state index in [4.69, 9.17) is 10.5 Å². The second-order valence-corrected chi connectivity index (χ2v) is 4.70. The van der Waals surface area contributed by atoms with Gasteiger partial charge in [-0.05, 0) is 49.5 Å². The third-order valence-corrected chi connectivity index (χ3v) is 3.16. The van der Waals surface area contributed by atoms with Gasteiger partial charge < -0.3 is 10.5 Å². The number of rotatable bonds is 3. The Kier molecular flexibility index (Phi) is 4.40. The molecule has 1 aromatic carbocycles. The topological polar surface area (TPSA) is 52.3 Å². The Morgan fingerprint density at radius 1 is 1.28 bits per heavy atom. The van der Waals surface area contributed by atoms with Crippen LogP contribution in [0.1, 0.15) is 37.7 Å². The van der Waals surface area contributed by atoms with Crippen LogP contribution in [0.5, 0.6) is 0 Å². The van der Waals surface area contributed by atoms with Gasteiger partial charge >= 0.3 is 5.97 Å². The maximum Gasteiger partial charge on any atom is 0.331 e. The SMILES string of the molecule is Nc1cccc(/C=C/C(=O)OC2CCCCC2)c1. The van der Waals surface area contributed by atoms with Gasteiger partial charge in [0.1, 0.15) is 6.10 Å². The van der Waals surface area contributed by atoms with Gasteiger partial charge in [0, 0.05) is 11.8 Å². The summed E-state index contributed by atoms with van der Waals surface area (Å²) in [5.41, 5.74) is 7.27. The molecule has 0 amide bonds. The fourth-order valence-electron chi connectivity index (χ4n) is 2.21. The second kappa shape index (κ2) is 6.24. The Morgan fingerprint density at radius 3 is 2.78 bits per heavy atom. The summed E-state index contributed by atoms with van der Waals surface area (Å²) in [5, 5.41) is 0. The number of hydrogen-bond acceptors (Lipinski definition) is 3. The lowest BCUT2D eigenvalue weighted by Gasteiger charge is -2.20. The molecule has 1 saturated carbocycles. The molecule has 1 fully saturated rings. The Bertz CT molecular complexity index is 434. The summed E-state index contributed by atoms with van der Waals surface area (Å²) in [6.07, 6.45) is 8.90. The van der Waals surface area contributed by atoms with Gasteiger partial charge in [-0.3, -0.25) is 0 Å². The van der Waals surface area contributed by atoms with Gasteiger partial charge in [-0.15, -0.1) is 0 Å². The van der Waals surface area contributed by atoms with Crippen LogP contribution in [0.2, 0.25) is 0 Å². The first-order valence-electron chi connectivity index (χ1n) is 6.48. The number of nitrogens with two attached hydrogens (primary N) is 1. The van der Waals surface area contributed by atoms with Gasteiger partial charge in [-0.25, -0.2) is 4.79 Å². The van der Waals surface area contributed by atoms with Crippen molar-refractivity contribution < 1.29 is 9.53 Å². The lowest BCUT2D eigenvalue weighted by atomic mass is 9.98. The molecule has 2 rings (SSSR count). The van der Waals surface area contributed by atoms with Gasteiger partial charge in [-0.1, -0.05) is 18.6 Å². The number of hydrogen-bond donors (Lipinski definition) is 1. The number of carbonyl (C=O) groups is 1. The average molecular weight is 245 g/mol. The molecule has 3 nitrogen and oxygen atoms in total. The number of anilines is 1. The highest BCUT2D eigenvalue weighted by atomic mass is 16.5. The Hall–Kier alpha value is -1.77. The molecule has 0 heterocycles. The van der Waals surface area contributed by atoms with Crippen molar-refractivity contribution in [2.75, 3.05) is 5.73 Å². The van der Waals surface area contributed by atoms with Crippen LogP contribution in [-0.2, 0) is 9.53 Å². The first kappa shape index (κ1) is 12.7. The summed E-state index contributed by atoms with van der Waals surface area (Å²) in [4.78, 5) is 11.6. The van der Waals surface area contributed by atoms with Crippen LogP contribution in [0.4, 0.5) is 5.69 Å². The summed E-state index contributed by atoms with van der Waals surface area (Å²) < 4.78 is 5.39. The second-order valence-electron chi connectivity index (χ2n) is 4.70. The lowest BCUT2D eigenvalue weighted by molar-refractivity contribution is -0.144. The number of carbonyl (C=O) groups excluding carboxylic acids is 1. The molecular formula is C15H19NO2. The van der Waals surface area contributed by atoms with E-state index in [1.807, 2.05) is 24.3 Å². The van der Waals surface area contributed by atoms with Crippen molar-refractivity contribution in [1.82, 2.24) is 0 Å². The lowest BCUT2D eigenvalue weighted by Crippen LogP contribution is -2.19.